The summed E-state index contributed by atoms with van der Waals surface area (Å²) >= 11 is 0. The van der Waals surface area contributed by atoms with Gasteiger partial charge in [-0.1, -0.05) is 0 Å². The van der Waals surface area contributed by atoms with E-state index in [9.17, 15) is 216 Å². The van der Waals surface area contributed by atoms with Crippen LogP contribution in [0.15, 0.2) is 0 Å². The number of hydrogen-bond donors (Lipinski definition) is 0. The van der Waals surface area contributed by atoms with Crippen molar-refractivity contribution in [2.24, 2.45) is 0 Å². The first-order valence-electron chi connectivity index (χ1n) is 22.3. The molecule has 14 atom stereocenters. The number of alkyl halides is 62. The second-order valence-corrected chi connectivity index (χ2v) is 18.7. The molecule has 0 aromatic carbocycles. The fourth-order valence-corrected chi connectivity index (χ4v) is 6.04. The van der Waals surface area contributed by atoms with E-state index in [1.807, 2.05) is 0 Å². The number of Topliss-reactive ketones (excluding diaryl/α,β-unsaturated/α-hetero) is 1. The number of carbonyl (C=O) groups is 1. The molecule has 108 heavy (non-hydrogen) atoms. The molecular weight excluding hydrogens is 1780 g/mol. The monoisotopic (exact) mass is 1780 g/mol. The third kappa shape index (κ3) is 15.0. The van der Waals surface area contributed by atoms with E-state index in [2.05, 4.69) is 0 Å². The molecule has 2 aliphatic rings. The standard InChI is InChI=1S/C33F62O13/c34-2(12(44,45)46,97-24(80,81)4(36,14(50,51)52)105-32(94,22(74,75)76)107-28(88,89)8(40,18(62,63)64)103-30(92)10(42,20(68,69)70)99-26(84,85)6(38,101-30)16(56,57)58)1(96)3(35,13(47,48)49)98-25(82,83)5(37,15(53,54)55)106-33(95,23(77,78)79)108-29(90,91)9(41,19(65,66)67)104-31(93)11(43,21(71,72)73)100-27(86,87)7(39,102-31)17(59,60)61. The Morgan fingerprint density at radius 2 is 0.398 bits per heavy atom. The van der Waals surface area contributed by atoms with Crippen molar-refractivity contribution >= 4 is 5.78 Å². The van der Waals surface area contributed by atoms with Crippen molar-refractivity contribution in [1.82, 2.24) is 0 Å². The topological polar surface area (TPSA) is 128 Å². The summed E-state index contributed by atoms with van der Waals surface area (Å²) in [7, 11) is 0. The Morgan fingerprint density at radius 3 is 0.556 bits per heavy atom. The lowest BCUT2D eigenvalue weighted by molar-refractivity contribution is -0.662. The summed E-state index contributed by atoms with van der Waals surface area (Å²) in [5.41, 5.74) is 0. The first-order chi connectivity index (χ1) is 45.6. The van der Waals surface area contributed by atoms with E-state index in [0.29, 0.717) is 28.4 Å². The summed E-state index contributed by atoms with van der Waals surface area (Å²) in [6.45, 7) is 0. The zero-order valence-corrected chi connectivity index (χ0v) is 45.2. The van der Waals surface area contributed by atoms with Crippen molar-refractivity contribution in [1.29, 1.82) is 0 Å². The molecule has 14 unspecified atom stereocenters. The number of ether oxygens (including phenoxy) is 12. The van der Waals surface area contributed by atoms with Crippen molar-refractivity contribution in [3.05, 3.63) is 0 Å². The van der Waals surface area contributed by atoms with Crippen LogP contribution in [0.1, 0.15) is 0 Å². The van der Waals surface area contributed by atoms with Crippen molar-refractivity contribution in [2.45, 2.75) is 193 Å². The minimum absolute atomic E-state index is 0.492. The molecule has 0 N–H and O–H groups in total. The molecule has 0 aromatic rings. The Labute approximate surface area is 534 Å². The quantitative estimate of drug-likeness (QED) is 0.0754. The van der Waals surface area contributed by atoms with E-state index >= 15 is 61.5 Å². The van der Waals surface area contributed by atoms with Gasteiger partial charge in [0.2, 0.25) is 0 Å². The third-order valence-electron chi connectivity index (χ3n) is 11.1. The molecular formula is C33F62O13. The van der Waals surface area contributed by atoms with Gasteiger partial charge < -0.3 is 0 Å². The molecule has 0 spiro atoms. The van der Waals surface area contributed by atoms with Gasteiger partial charge in [0.05, 0.1) is 0 Å². The summed E-state index contributed by atoms with van der Waals surface area (Å²) in [5, 5.41) is 0. The Morgan fingerprint density at radius 1 is 0.213 bits per heavy atom. The van der Waals surface area contributed by atoms with Crippen LogP contribution >= 0.6 is 0 Å². The van der Waals surface area contributed by atoms with Crippen molar-refractivity contribution in [3.63, 3.8) is 0 Å². The smallest absolute Gasteiger partial charge is 0.286 e. The van der Waals surface area contributed by atoms with Crippen LogP contribution in [-0.2, 0) is 61.6 Å². The fourth-order valence-electron chi connectivity index (χ4n) is 6.04. The van der Waals surface area contributed by atoms with Crippen LogP contribution < -0.4 is 0 Å². The number of halogens is 62. The summed E-state index contributed by atoms with van der Waals surface area (Å²) < 4.78 is 887. The normalized spacial score (nSPS) is 30.4. The molecule has 2 aliphatic heterocycles. The van der Waals surface area contributed by atoms with Crippen LogP contribution in [-0.4, -0.2) is 199 Å². The zero-order valence-electron chi connectivity index (χ0n) is 45.2. The summed E-state index contributed by atoms with van der Waals surface area (Å²) in [4.78, 5) is 12.2. The lowest BCUT2D eigenvalue weighted by atomic mass is 10.0. The Bertz CT molecular complexity index is 3040. The van der Waals surface area contributed by atoms with Crippen LogP contribution in [0.3, 0.4) is 0 Å². The molecule has 75 heteroatoms. The number of ketones is 1. The van der Waals surface area contributed by atoms with E-state index in [1.54, 1.807) is 0 Å². The molecule has 2 fully saturated rings. The van der Waals surface area contributed by atoms with Gasteiger partial charge in [-0.3, -0.25) is 52.2 Å². The SMILES string of the molecule is O=C(C(F)(OC(F)(F)C(F)(OC(F)(OC(F)(F)C(F)(OC1(F)OC(F)(C(F)(F)F)C(F)(F)OC1(F)C(F)(F)F)C(F)(F)F)C(F)(F)F)C(F)(F)F)C(F)(F)F)C(F)(OC(F)(F)C(F)(OC(F)(OC(F)(F)C(F)(OC1(F)OC(F)(C(F)(F)F)C(F)(F)OC1(F)C(F)(F)F)C(F)(F)F)C(F)(F)F)C(F)(F)F)C(F)(F)F. The van der Waals surface area contributed by atoms with Gasteiger partial charge in [0, 0.05) is 0 Å². The average Bonchev–Trinajstić information content (AvgIpc) is 0.687. The average molecular weight is 1780 g/mol. The highest BCUT2D eigenvalue weighted by molar-refractivity contribution is 5.94. The van der Waals surface area contributed by atoms with Gasteiger partial charge in [0.1, 0.15) is 0 Å². The summed E-state index contributed by atoms with van der Waals surface area (Å²) in [5.74, 6) is -104. The van der Waals surface area contributed by atoms with Gasteiger partial charge >= 0.3 is 193 Å². The minimum atomic E-state index is -10.4. The molecule has 13 nitrogen and oxygen atoms in total. The molecule has 644 valence electrons. The number of rotatable bonds is 22. The van der Waals surface area contributed by atoms with Gasteiger partial charge in [0.25, 0.3) is 5.78 Å². The highest BCUT2D eigenvalue weighted by Crippen LogP contribution is 2.69. The van der Waals surface area contributed by atoms with E-state index in [1.165, 1.54) is 18.9 Å². The van der Waals surface area contributed by atoms with Gasteiger partial charge in [-0.15, -0.1) is 0 Å². The van der Waals surface area contributed by atoms with Crippen LogP contribution in [0.4, 0.5) is 272 Å². The highest BCUT2D eigenvalue weighted by atomic mass is 19.5. The molecule has 0 saturated carbocycles. The summed E-state index contributed by atoms with van der Waals surface area (Å²) in [6, 6.07) is -38.5. The largest absolute Gasteiger partial charge is 0.478 e. The zero-order chi connectivity index (χ0) is 88.1. The molecule has 0 aromatic heterocycles. The van der Waals surface area contributed by atoms with E-state index in [-0.39, 0.29) is 0 Å². The lowest BCUT2D eigenvalue weighted by Gasteiger charge is -2.51. The predicted molar refractivity (Wildman–Crippen MR) is 174 cm³/mol. The highest BCUT2D eigenvalue weighted by Gasteiger charge is 2.98. The van der Waals surface area contributed by atoms with Gasteiger partial charge in [0.15, 0.2) is 0 Å². The molecule has 2 heterocycles. The second-order valence-electron chi connectivity index (χ2n) is 18.7. The lowest BCUT2D eigenvalue weighted by Crippen LogP contribution is -2.79. The van der Waals surface area contributed by atoms with Gasteiger partial charge in [-0.05, 0) is 0 Å². The van der Waals surface area contributed by atoms with E-state index < -0.39 is 199 Å². The van der Waals surface area contributed by atoms with E-state index in [0.717, 1.165) is 9.47 Å². The van der Waals surface area contributed by atoms with Crippen molar-refractivity contribution in [2.75, 3.05) is 0 Å². The molecule has 0 amide bonds. The van der Waals surface area contributed by atoms with Crippen LogP contribution in [0.2, 0.25) is 0 Å². The van der Waals surface area contributed by atoms with Crippen molar-refractivity contribution < 1.29 is 334 Å². The molecule has 2 saturated heterocycles. The molecule has 0 radical (unpaired) electrons. The Kier molecular flexibility index (Phi) is 23.3. The Hall–Kier alpha value is -5.15. The molecule has 0 aliphatic carbocycles. The van der Waals surface area contributed by atoms with Crippen LogP contribution in [0.5, 0.6) is 0 Å². The minimum Gasteiger partial charge on any atom is -0.286 e. The molecule has 0 bridgehead atoms. The van der Waals surface area contributed by atoms with Crippen LogP contribution in [0, 0.1) is 0 Å². The first-order valence-corrected chi connectivity index (χ1v) is 22.3. The van der Waals surface area contributed by atoms with Gasteiger partial charge in [-0.25, -0.2) is 9.47 Å². The third-order valence-corrected chi connectivity index (χ3v) is 11.1. The molecule has 2 rings (SSSR count). The van der Waals surface area contributed by atoms with Crippen LogP contribution in [0.25, 0.3) is 0 Å². The Balaban J connectivity index is 3.19. The fraction of sp³-hybridized carbons (Fsp3) is 0.970. The van der Waals surface area contributed by atoms with Crippen molar-refractivity contribution in [3.8, 4) is 0 Å². The number of hydrogen-bond acceptors (Lipinski definition) is 13. The van der Waals surface area contributed by atoms with Gasteiger partial charge in [-0.2, -0.15) is 272 Å². The maximum Gasteiger partial charge on any atom is 0.478 e. The summed E-state index contributed by atoms with van der Waals surface area (Å²) in [6.07, 6.45) is -170. The maximum absolute atomic E-state index is 15.5. The maximum atomic E-state index is 15.5. The number of carbonyl (C=O) groups excluding carboxylic acids is 1. The van der Waals surface area contributed by atoms with E-state index in [4.69, 9.17) is 0 Å². The second kappa shape index (κ2) is 25.4. The predicted octanol–water partition coefficient (Wildman–Crippen LogP) is 18.2. The first kappa shape index (κ1) is 98.9.